The Morgan fingerprint density at radius 3 is 2.56 bits per heavy atom. The molecule has 0 bridgehead atoms. The predicted molar refractivity (Wildman–Crippen MR) is 131 cm³/mol. The molecule has 2 aliphatic heterocycles. The molecule has 162 valence electrons. The molecule has 0 aromatic heterocycles. The number of amides is 1. The largest absolute Gasteiger partial charge is 0.377 e. The molecule has 1 N–H and O–H groups in total. The molecule has 1 amide bonds. The summed E-state index contributed by atoms with van der Waals surface area (Å²) in [5.41, 5.74) is 4.49. The van der Waals surface area contributed by atoms with E-state index in [1.165, 1.54) is 21.9 Å². The van der Waals surface area contributed by atoms with Gasteiger partial charge in [0.2, 0.25) is 0 Å². The van der Waals surface area contributed by atoms with Gasteiger partial charge in [-0.1, -0.05) is 73.7 Å². The fourth-order valence-electron chi connectivity index (χ4n) is 6.01. The molecule has 32 heavy (non-hydrogen) atoms. The molecule has 3 heteroatoms. The third-order valence-corrected chi connectivity index (χ3v) is 7.86. The molecule has 3 nitrogen and oxygen atoms in total. The Morgan fingerprint density at radius 1 is 0.938 bits per heavy atom. The van der Waals surface area contributed by atoms with Crippen LogP contribution in [0, 0.1) is 11.8 Å². The van der Waals surface area contributed by atoms with Crippen LogP contribution in [0.4, 0.5) is 5.69 Å². The van der Waals surface area contributed by atoms with Crippen LogP contribution in [0.5, 0.6) is 0 Å². The van der Waals surface area contributed by atoms with Crippen LogP contribution in [-0.2, 0) is 0 Å². The molecule has 1 saturated heterocycles. The molecular weight excluding hydrogens is 392 g/mol. The number of allylic oxidation sites excluding steroid dienone is 2. The SMILES string of the molecule is CC1CCN(C(=O)c2cccc3c2NC(c2cccc4ccccc24)C2CC=CC32)CC1. The summed E-state index contributed by atoms with van der Waals surface area (Å²) in [6.45, 7) is 4.01. The quantitative estimate of drug-likeness (QED) is 0.476. The normalized spacial score (nSPS) is 24.8. The number of hydrogen-bond donors (Lipinski definition) is 1. The monoisotopic (exact) mass is 422 g/mol. The molecule has 3 aromatic rings. The van der Waals surface area contributed by atoms with Crippen molar-refractivity contribution < 1.29 is 4.79 Å². The number of fused-ring (bicyclic) bond motifs is 4. The maximum absolute atomic E-state index is 13.6. The van der Waals surface area contributed by atoms with Gasteiger partial charge in [0.15, 0.2) is 0 Å². The third kappa shape index (κ3) is 3.14. The minimum absolute atomic E-state index is 0.179. The summed E-state index contributed by atoms with van der Waals surface area (Å²) in [7, 11) is 0. The van der Waals surface area contributed by atoms with E-state index < -0.39 is 0 Å². The Kier molecular flexibility index (Phi) is 4.78. The average molecular weight is 423 g/mol. The zero-order valence-corrected chi connectivity index (χ0v) is 18.6. The lowest BCUT2D eigenvalue weighted by Crippen LogP contribution is -2.39. The van der Waals surface area contributed by atoms with E-state index in [1.54, 1.807) is 0 Å². The van der Waals surface area contributed by atoms with Crippen LogP contribution in [0.1, 0.15) is 59.6 Å². The fraction of sp³-hybridized carbons (Fsp3) is 0.345. The summed E-state index contributed by atoms with van der Waals surface area (Å²) < 4.78 is 0. The van der Waals surface area contributed by atoms with Crippen molar-refractivity contribution in [1.82, 2.24) is 4.90 Å². The lowest BCUT2D eigenvalue weighted by atomic mass is 9.75. The summed E-state index contributed by atoms with van der Waals surface area (Å²) in [5, 5.41) is 6.46. The summed E-state index contributed by atoms with van der Waals surface area (Å²) in [6.07, 6.45) is 7.94. The van der Waals surface area contributed by atoms with E-state index in [1.807, 2.05) is 6.07 Å². The van der Waals surface area contributed by atoms with Crippen LogP contribution < -0.4 is 5.32 Å². The minimum Gasteiger partial charge on any atom is -0.377 e. The lowest BCUT2D eigenvalue weighted by molar-refractivity contribution is 0.0698. The van der Waals surface area contributed by atoms with E-state index in [2.05, 4.69) is 83.9 Å². The van der Waals surface area contributed by atoms with Crippen molar-refractivity contribution in [2.24, 2.45) is 11.8 Å². The van der Waals surface area contributed by atoms with Crippen LogP contribution >= 0.6 is 0 Å². The third-order valence-electron chi connectivity index (χ3n) is 7.86. The van der Waals surface area contributed by atoms with Gasteiger partial charge in [0.25, 0.3) is 5.91 Å². The van der Waals surface area contributed by atoms with E-state index in [0.717, 1.165) is 43.6 Å². The number of benzene rings is 3. The standard InChI is InChI=1S/C29H30N2O/c1-19-15-17-31(18-16-19)29(32)26-14-6-13-25-22-10-5-12-24(22)27(30-28(25)26)23-11-4-8-20-7-2-3-9-21(20)23/h2-11,13-14,19,22,24,27,30H,12,15-18H2,1H3. The molecular formula is C29H30N2O. The number of nitrogens with zero attached hydrogens (tertiary/aromatic N) is 1. The highest BCUT2D eigenvalue weighted by molar-refractivity contribution is 6.01. The van der Waals surface area contributed by atoms with Gasteiger partial charge in [-0.25, -0.2) is 0 Å². The molecule has 0 radical (unpaired) electrons. The van der Waals surface area contributed by atoms with Gasteiger partial charge in [-0.3, -0.25) is 4.79 Å². The van der Waals surface area contributed by atoms with E-state index in [-0.39, 0.29) is 11.9 Å². The van der Waals surface area contributed by atoms with Crippen molar-refractivity contribution in [3.8, 4) is 0 Å². The maximum atomic E-state index is 13.6. The first-order valence-electron chi connectivity index (χ1n) is 12.0. The van der Waals surface area contributed by atoms with Crippen LogP contribution in [0.2, 0.25) is 0 Å². The number of anilines is 1. The number of piperidine rings is 1. The zero-order chi connectivity index (χ0) is 21.7. The molecule has 3 atom stereocenters. The minimum atomic E-state index is 0.179. The van der Waals surface area contributed by atoms with E-state index in [0.29, 0.717) is 17.8 Å². The number of carbonyl (C=O) groups is 1. The van der Waals surface area contributed by atoms with Crippen LogP contribution in [0.25, 0.3) is 10.8 Å². The van der Waals surface area contributed by atoms with Gasteiger partial charge in [0.05, 0.1) is 17.3 Å². The van der Waals surface area contributed by atoms with Crippen LogP contribution in [0.15, 0.2) is 72.8 Å². The zero-order valence-electron chi connectivity index (χ0n) is 18.6. The molecule has 0 saturated carbocycles. The summed E-state index contributed by atoms with van der Waals surface area (Å²) in [6, 6.07) is 21.7. The lowest BCUT2D eigenvalue weighted by Gasteiger charge is -2.39. The summed E-state index contributed by atoms with van der Waals surface area (Å²) in [5.74, 6) is 1.71. The second kappa shape index (κ2) is 7.81. The molecule has 3 unspecified atom stereocenters. The highest BCUT2D eigenvalue weighted by Crippen LogP contribution is 2.51. The maximum Gasteiger partial charge on any atom is 0.255 e. The molecule has 6 rings (SSSR count). The Hall–Kier alpha value is -3.07. The van der Waals surface area contributed by atoms with Gasteiger partial charge < -0.3 is 10.2 Å². The highest BCUT2D eigenvalue weighted by Gasteiger charge is 2.40. The van der Waals surface area contributed by atoms with Gasteiger partial charge in [0.1, 0.15) is 0 Å². The smallest absolute Gasteiger partial charge is 0.255 e. The van der Waals surface area contributed by atoms with Gasteiger partial charge in [-0.2, -0.15) is 0 Å². The van der Waals surface area contributed by atoms with E-state index in [4.69, 9.17) is 0 Å². The topological polar surface area (TPSA) is 32.3 Å². The molecule has 0 spiro atoms. The number of nitrogens with one attached hydrogen (secondary N) is 1. The number of rotatable bonds is 2. The second-order valence-corrected chi connectivity index (χ2v) is 9.79. The Morgan fingerprint density at radius 2 is 1.69 bits per heavy atom. The van der Waals surface area contributed by atoms with Crippen molar-refractivity contribution >= 4 is 22.4 Å². The summed E-state index contributed by atoms with van der Waals surface area (Å²) >= 11 is 0. The first-order chi connectivity index (χ1) is 15.7. The number of likely N-dealkylation sites (tertiary alicyclic amines) is 1. The van der Waals surface area contributed by atoms with Crippen molar-refractivity contribution in [1.29, 1.82) is 0 Å². The number of carbonyl (C=O) groups excluding carboxylic acids is 1. The number of para-hydroxylation sites is 1. The van der Waals surface area contributed by atoms with Crippen molar-refractivity contribution in [2.75, 3.05) is 18.4 Å². The van der Waals surface area contributed by atoms with Crippen molar-refractivity contribution in [2.45, 2.75) is 38.1 Å². The first kappa shape index (κ1) is 19.6. The van der Waals surface area contributed by atoms with E-state index >= 15 is 0 Å². The van der Waals surface area contributed by atoms with Gasteiger partial charge in [-0.05, 0) is 59.1 Å². The van der Waals surface area contributed by atoms with Gasteiger partial charge in [-0.15, -0.1) is 0 Å². The average Bonchev–Trinajstić information content (AvgIpc) is 3.33. The highest BCUT2D eigenvalue weighted by atomic mass is 16.2. The van der Waals surface area contributed by atoms with Gasteiger partial charge >= 0.3 is 0 Å². The molecule has 1 fully saturated rings. The Labute approximate surface area is 190 Å². The first-order valence-corrected chi connectivity index (χ1v) is 12.0. The van der Waals surface area contributed by atoms with Crippen molar-refractivity contribution in [3.63, 3.8) is 0 Å². The molecule has 3 aromatic carbocycles. The van der Waals surface area contributed by atoms with Gasteiger partial charge in [0, 0.05) is 19.0 Å². The predicted octanol–water partition coefficient (Wildman–Crippen LogP) is 6.54. The fourth-order valence-corrected chi connectivity index (χ4v) is 6.01. The van der Waals surface area contributed by atoms with Crippen LogP contribution in [-0.4, -0.2) is 23.9 Å². The van der Waals surface area contributed by atoms with Crippen LogP contribution in [0.3, 0.4) is 0 Å². The van der Waals surface area contributed by atoms with E-state index in [9.17, 15) is 4.79 Å². The Bertz CT molecular complexity index is 1200. The Balaban J connectivity index is 1.43. The molecule has 2 heterocycles. The number of hydrogen-bond acceptors (Lipinski definition) is 2. The molecule has 3 aliphatic rings. The molecule has 1 aliphatic carbocycles. The second-order valence-electron chi connectivity index (χ2n) is 9.79. The summed E-state index contributed by atoms with van der Waals surface area (Å²) in [4.78, 5) is 15.7. The van der Waals surface area contributed by atoms with Crippen molar-refractivity contribution in [3.05, 3.63) is 89.5 Å².